The summed E-state index contributed by atoms with van der Waals surface area (Å²) in [7, 11) is 3.02. The lowest BCUT2D eigenvalue weighted by Gasteiger charge is -2.31. The second-order valence-electron chi connectivity index (χ2n) is 10.4. The Kier molecular flexibility index (Phi) is 11.4. The number of ether oxygens (including phenoxy) is 3. The van der Waals surface area contributed by atoms with Gasteiger partial charge in [-0.15, -0.1) is 13.2 Å². The Balaban J connectivity index is 0.000000698. The first-order chi connectivity index (χ1) is 23.1. The Bertz CT molecular complexity index is 1780. The highest BCUT2D eigenvalue weighted by Gasteiger charge is 2.38. The molecule has 3 N–H and O–H groups in total. The number of likely N-dealkylation sites (tertiary alicyclic amines) is 1. The van der Waals surface area contributed by atoms with Gasteiger partial charge in [0.1, 0.15) is 22.9 Å². The molecule has 0 atom stereocenters. The highest BCUT2D eigenvalue weighted by Crippen LogP contribution is 2.29. The maximum atomic E-state index is 12.7. The quantitative estimate of drug-likeness (QED) is 0.241. The van der Waals surface area contributed by atoms with Gasteiger partial charge in [0.05, 0.1) is 50.6 Å². The van der Waals surface area contributed by atoms with Crippen LogP contribution in [0.25, 0.3) is 28.3 Å². The van der Waals surface area contributed by atoms with E-state index in [1.165, 1.54) is 37.2 Å². The van der Waals surface area contributed by atoms with Crippen molar-refractivity contribution in [1.29, 1.82) is 0 Å². The number of methoxy groups -OCH3 is 2. The number of carbonyl (C=O) groups is 1. The van der Waals surface area contributed by atoms with E-state index >= 15 is 0 Å². The molecule has 1 fully saturated rings. The summed E-state index contributed by atoms with van der Waals surface area (Å²) < 4.78 is 86.0. The zero-order valence-electron chi connectivity index (χ0n) is 25.9. The van der Waals surface area contributed by atoms with Crippen LogP contribution in [0.1, 0.15) is 18.9 Å². The van der Waals surface area contributed by atoms with Crippen LogP contribution >= 0.6 is 0 Å². The van der Waals surface area contributed by atoms with Crippen molar-refractivity contribution in [1.82, 2.24) is 34.4 Å². The maximum absolute atomic E-state index is 12.7. The van der Waals surface area contributed by atoms with Crippen LogP contribution in [0.2, 0.25) is 0 Å². The third kappa shape index (κ3) is 9.89. The fraction of sp³-hybridized carbons (Fsp3) is 0.379. The molecule has 0 bridgehead atoms. The van der Waals surface area contributed by atoms with E-state index in [9.17, 15) is 31.1 Å². The summed E-state index contributed by atoms with van der Waals surface area (Å²) in [4.78, 5) is 32.6. The minimum atomic E-state index is -5.08. The van der Waals surface area contributed by atoms with Gasteiger partial charge in [-0.05, 0) is 18.9 Å². The molecule has 0 amide bonds. The van der Waals surface area contributed by atoms with Crippen molar-refractivity contribution in [2.45, 2.75) is 31.4 Å². The Morgan fingerprint density at radius 3 is 2.20 bits per heavy atom. The van der Waals surface area contributed by atoms with Crippen molar-refractivity contribution in [3.05, 3.63) is 59.3 Å². The van der Waals surface area contributed by atoms with E-state index in [1.807, 2.05) is 15.8 Å². The van der Waals surface area contributed by atoms with E-state index in [1.54, 1.807) is 24.4 Å². The first-order valence-electron chi connectivity index (χ1n) is 14.3. The zero-order valence-corrected chi connectivity index (χ0v) is 25.9. The summed E-state index contributed by atoms with van der Waals surface area (Å²) in [6, 6.07) is 7.97. The van der Waals surface area contributed by atoms with Crippen LogP contribution in [-0.2, 0) is 9.53 Å². The number of nitrogens with two attached hydrogens (primary N) is 1. The van der Waals surface area contributed by atoms with Gasteiger partial charge < -0.3 is 25.2 Å². The number of hydrogen-bond acceptors (Lipinski definition) is 11. The Morgan fingerprint density at radius 1 is 1.00 bits per heavy atom. The summed E-state index contributed by atoms with van der Waals surface area (Å²) >= 11 is 0. The van der Waals surface area contributed by atoms with E-state index in [0.29, 0.717) is 52.9 Å². The van der Waals surface area contributed by atoms with E-state index < -0.39 is 25.1 Å². The molecule has 1 aromatic carbocycles. The highest BCUT2D eigenvalue weighted by molar-refractivity contribution is 5.73. The normalized spacial score (nSPS) is 14.2. The smallest absolute Gasteiger partial charge is 0.497 e. The molecule has 3 aromatic heterocycles. The van der Waals surface area contributed by atoms with Gasteiger partial charge in [0, 0.05) is 55.7 Å². The molecule has 1 aliphatic heterocycles. The number of nitrogens with zero attached hydrogens (tertiary/aromatic N) is 7. The van der Waals surface area contributed by atoms with E-state index in [2.05, 4.69) is 24.9 Å². The fourth-order valence-electron chi connectivity index (χ4n) is 4.73. The molecule has 14 nitrogen and oxygen atoms in total. The lowest BCUT2D eigenvalue weighted by atomic mass is 10.1. The van der Waals surface area contributed by atoms with Crippen molar-refractivity contribution in [3.63, 3.8) is 0 Å². The number of rotatable bonds is 9. The SMILES string of the molecule is COc1cc(OC)cc(-n2nc(-c3nc(-c4cnn(C5CCN(CCOC(F)(F)F)CC5)c4)cnc3N)ccc2=O)c1.O=C(O)C(F)(F)F. The van der Waals surface area contributed by atoms with Gasteiger partial charge in [-0.25, -0.2) is 14.8 Å². The molecule has 20 heteroatoms. The molecule has 1 saturated heterocycles. The number of nitrogen functional groups attached to an aromatic ring is 1. The van der Waals surface area contributed by atoms with Crippen LogP contribution in [0, 0.1) is 0 Å². The average Bonchev–Trinajstić information content (AvgIpc) is 3.55. The number of aromatic nitrogens is 6. The molecule has 5 rings (SSSR count). The third-order valence-electron chi connectivity index (χ3n) is 7.17. The van der Waals surface area contributed by atoms with Crippen LogP contribution in [-0.4, -0.2) is 98.5 Å². The predicted molar refractivity (Wildman–Crippen MR) is 160 cm³/mol. The lowest BCUT2D eigenvalue weighted by molar-refractivity contribution is -0.325. The van der Waals surface area contributed by atoms with Crippen molar-refractivity contribution in [2.24, 2.45) is 0 Å². The van der Waals surface area contributed by atoms with E-state index in [0.717, 1.165) is 12.8 Å². The molecule has 0 radical (unpaired) electrons. The number of aliphatic carboxylic acids is 1. The van der Waals surface area contributed by atoms with Gasteiger partial charge in [0.15, 0.2) is 5.82 Å². The van der Waals surface area contributed by atoms with Crippen molar-refractivity contribution in [3.8, 4) is 39.8 Å². The standard InChI is InChI=1S/C27H29F3N8O4.C2HF3O2/c1-40-20-11-19(12-21(13-20)41-2)38-24(39)4-3-22(35-38)25-26(31)32-15-23(34-25)17-14-33-37(16-17)18-5-7-36(8-6-18)9-10-42-27(28,29)30;3-2(4,5)1(6)7/h3-4,11-16,18H,5-10H2,1-2H3,(H2,31,32);(H,6,7). The number of carboxylic acid groups (broad SMARTS) is 1. The number of benzene rings is 1. The van der Waals surface area contributed by atoms with Crippen LogP contribution in [0.4, 0.5) is 32.2 Å². The summed E-state index contributed by atoms with van der Waals surface area (Å²) in [5.74, 6) is -1.65. The average molecular weight is 701 g/mol. The number of hydrogen-bond donors (Lipinski definition) is 2. The van der Waals surface area contributed by atoms with Crippen LogP contribution < -0.4 is 20.8 Å². The number of piperidine rings is 1. The van der Waals surface area contributed by atoms with Crippen LogP contribution in [0.15, 0.2) is 53.7 Å². The molecule has 49 heavy (non-hydrogen) atoms. The molecule has 4 aromatic rings. The summed E-state index contributed by atoms with van der Waals surface area (Å²) in [6.07, 6.45) is -3.18. The molecular formula is C29H30F6N8O6. The Labute approximate surface area is 273 Å². The molecule has 264 valence electrons. The summed E-state index contributed by atoms with van der Waals surface area (Å²) in [6.45, 7) is 1.09. The van der Waals surface area contributed by atoms with Crippen molar-refractivity contribution >= 4 is 11.8 Å². The first-order valence-corrected chi connectivity index (χ1v) is 14.3. The molecule has 0 aliphatic carbocycles. The van der Waals surface area contributed by atoms with Gasteiger partial charge in [-0.1, -0.05) is 0 Å². The van der Waals surface area contributed by atoms with Gasteiger partial charge in [-0.3, -0.25) is 14.2 Å². The molecule has 0 spiro atoms. The van der Waals surface area contributed by atoms with Crippen LogP contribution in [0.3, 0.4) is 0 Å². The molecule has 0 saturated carbocycles. The van der Waals surface area contributed by atoms with Crippen molar-refractivity contribution in [2.75, 3.05) is 46.2 Å². The Hall–Kier alpha value is -5.24. The minimum absolute atomic E-state index is 0.0878. The topological polar surface area (TPSA) is 173 Å². The Morgan fingerprint density at radius 2 is 1.63 bits per heavy atom. The monoisotopic (exact) mass is 700 g/mol. The van der Waals surface area contributed by atoms with Gasteiger partial charge in [0.2, 0.25) is 0 Å². The van der Waals surface area contributed by atoms with Gasteiger partial charge in [-0.2, -0.15) is 28.1 Å². The van der Waals surface area contributed by atoms with Gasteiger partial charge >= 0.3 is 18.5 Å². The largest absolute Gasteiger partial charge is 0.522 e. The van der Waals surface area contributed by atoms with E-state index in [4.69, 9.17) is 25.1 Å². The first kappa shape index (κ1) is 36.6. The summed E-state index contributed by atoms with van der Waals surface area (Å²) in [5, 5.41) is 16.1. The van der Waals surface area contributed by atoms with Gasteiger partial charge in [0.25, 0.3) is 5.56 Å². The predicted octanol–water partition coefficient (Wildman–Crippen LogP) is 3.96. The van der Waals surface area contributed by atoms with Crippen LogP contribution in [0.5, 0.6) is 11.5 Å². The third-order valence-corrected chi connectivity index (χ3v) is 7.17. The van der Waals surface area contributed by atoms with Crippen molar-refractivity contribution < 1.29 is 50.5 Å². The second kappa shape index (κ2) is 15.3. The fourth-order valence-corrected chi connectivity index (χ4v) is 4.73. The summed E-state index contributed by atoms with van der Waals surface area (Å²) in [5.41, 5.74) is 8.06. The molecule has 1 aliphatic rings. The second-order valence-corrected chi connectivity index (χ2v) is 10.4. The number of anilines is 1. The number of carboxylic acids is 1. The highest BCUT2D eigenvalue weighted by atomic mass is 19.4. The van der Waals surface area contributed by atoms with E-state index in [-0.39, 0.29) is 24.0 Å². The lowest BCUT2D eigenvalue weighted by Crippen LogP contribution is -2.37. The zero-order chi connectivity index (χ0) is 35.9. The minimum Gasteiger partial charge on any atom is -0.497 e. The molecule has 4 heterocycles. The molecule has 0 unspecified atom stereocenters. The number of alkyl halides is 6. The maximum Gasteiger partial charge on any atom is 0.522 e. The molecular weight excluding hydrogens is 670 g/mol. The number of halogens is 6.